The van der Waals surface area contributed by atoms with E-state index >= 15 is 0 Å². The highest BCUT2D eigenvalue weighted by Gasteiger charge is 2.11. The van der Waals surface area contributed by atoms with E-state index in [0.717, 1.165) is 24.2 Å². The van der Waals surface area contributed by atoms with Gasteiger partial charge in [0, 0.05) is 24.0 Å². The highest BCUT2D eigenvalue weighted by Crippen LogP contribution is 2.12. The first-order valence-corrected chi connectivity index (χ1v) is 8.58. The molecule has 1 heterocycles. The van der Waals surface area contributed by atoms with Gasteiger partial charge in [-0.3, -0.25) is 4.79 Å². The van der Waals surface area contributed by atoms with Crippen molar-refractivity contribution in [1.29, 1.82) is 0 Å². The van der Waals surface area contributed by atoms with Crippen LogP contribution < -0.4 is 5.32 Å². The Morgan fingerprint density at radius 3 is 2.55 bits per heavy atom. The molecule has 0 saturated carbocycles. The lowest BCUT2D eigenvalue weighted by atomic mass is 10.1. The molecule has 2 rings (SSSR count). The smallest absolute Gasteiger partial charge is 0.251 e. The fraction of sp³-hybridized carbons (Fsp3) is 0.562. The summed E-state index contributed by atoms with van der Waals surface area (Å²) in [5.74, 6) is 0.0369. The number of likely N-dealkylation sites (tertiary alicyclic amines) is 1. The van der Waals surface area contributed by atoms with Gasteiger partial charge in [-0.15, -0.1) is 0 Å². The van der Waals surface area contributed by atoms with Gasteiger partial charge in [0.2, 0.25) is 0 Å². The summed E-state index contributed by atoms with van der Waals surface area (Å²) in [7, 11) is 0. The highest BCUT2D eigenvalue weighted by molar-refractivity contribution is 9.08. The molecule has 1 N–H and O–H groups in total. The summed E-state index contributed by atoms with van der Waals surface area (Å²) in [4.78, 5) is 14.6. The molecule has 1 aromatic carbocycles. The molecule has 1 aromatic rings. The Morgan fingerprint density at radius 1 is 1.15 bits per heavy atom. The molecule has 0 unspecified atom stereocenters. The van der Waals surface area contributed by atoms with Gasteiger partial charge in [-0.2, -0.15) is 0 Å². The number of halogens is 1. The van der Waals surface area contributed by atoms with Crippen molar-refractivity contribution in [2.24, 2.45) is 0 Å². The molecule has 0 atom stereocenters. The quantitative estimate of drug-likeness (QED) is 0.836. The Kier molecular flexibility index (Phi) is 6.54. The molecule has 0 aromatic heterocycles. The van der Waals surface area contributed by atoms with Crippen LogP contribution in [0.15, 0.2) is 24.3 Å². The van der Waals surface area contributed by atoms with Gasteiger partial charge in [0.05, 0.1) is 0 Å². The molecule has 1 fully saturated rings. The van der Waals surface area contributed by atoms with Crippen LogP contribution in [0, 0.1) is 0 Å². The van der Waals surface area contributed by atoms with Crippen LogP contribution in [0.25, 0.3) is 0 Å². The molecule has 20 heavy (non-hydrogen) atoms. The normalized spacial score (nSPS) is 16.6. The molecule has 3 nitrogen and oxygen atoms in total. The Bertz CT molecular complexity index is 428. The summed E-state index contributed by atoms with van der Waals surface area (Å²) in [5.41, 5.74) is 1.82. The van der Waals surface area contributed by atoms with Crippen molar-refractivity contribution < 1.29 is 4.79 Å². The summed E-state index contributed by atoms with van der Waals surface area (Å²) in [5, 5.41) is 3.75. The number of hydrogen-bond donors (Lipinski definition) is 1. The number of alkyl halides is 1. The monoisotopic (exact) mass is 338 g/mol. The van der Waals surface area contributed by atoms with Crippen LogP contribution in [0.3, 0.4) is 0 Å². The van der Waals surface area contributed by atoms with Crippen molar-refractivity contribution >= 4 is 21.8 Å². The van der Waals surface area contributed by atoms with Gasteiger partial charge in [-0.25, -0.2) is 0 Å². The standard InChI is InChI=1S/C16H23BrN2O/c17-13-14-7-3-4-8-15(14)16(20)18-9-12-19-10-5-1-2-6-11-19/h3-4,7-8H,1-2,5-6,9-13H2,(H,18,20). The topological polar surface area (TPSA) is 32.3 Å². The van der Waals surface area contributed by atoms with Gasteiger partial charge < -0.3 is 10.2 Å². The van der Waals surface area contributed by atoms with E-state index in [2.05, 4.69) is 26.1 Å². The lowest BCUT2D eigenvalue weighted by Gasteiger charge is -2.19. The maximum atomic E-state index is 12.2. The van der Waals surface area contributed by atoms with Crippen LogP contribution in [0.4, 0.5) is 0 Å². The zero-order valence-electron chi connectivity index (χ0n) is 11.9. The third kappa shape index (κ3) is 4.60. The predicted molar refractivity (Wildman–Crippen MR) is 86.3 cm³/mol. The Balaban J connectivity index is 1.79. The Labute approximate surface area is 129 Å². The molecule has 1 saturated heterocycles. The van der Waals surface area contributed by atoms with E-state index in [0.29, 0.717) is 5.33 Å². The fourth-order valence-electron chi connectivity index (χ4n) is 2.64. The van der Waals surface area contributed by atoms with Crippen LogP contribution in [-0.4, -0.2) is 37.0 Å². The number of carbonyl (C=O) groups excluding carboxylic acids is 1. The molecule has 1 amide bonds. The molecule has 4 heteroatoms. The van der Waals surface area contributed by atoms with E-state index in [-0.39, 0.29) is 5.91 Å². The van der Waals surface area contributed by atoms with E-state index in [1.54, 1.807) is 0 Å². The first-order chi connectivity index (χ1) is 9.81. The van der Waals surface area contributed by atoms with Crippen molar-refractivity contribution in [3.05, 3.63) is 35.4 Å². The van der Waals surface area contributed by atoms with Crippen LogP contribution in [0.5, 0.6) is 0 Å². The number of benzene rings is 1. The van der Waals surface area contributed by atoms with Gasteiger partial charge >= 0.3 is 0 Å². The third-order valence-electron chi connectivity index (χ3n) is 3.82. The van der Waals surface area contributed by atoms with Gasteiger partial charge in [-0.05, 0) is 37.6 Å². The summed E-state index contributed by atoms with van der Waals surface area (Å²) >= 11 is 3.43. The summed E-state index contributed by atoms with van der Waals surface area (Å²) in [6.45, 7) is 4.04. The second-order valence-electron chi connectivity index (χ2n) is 5.30. The second-order valence-corrected chi connectivity index (χ2v) is 5.86. The maximum Gasteiger partial charge on any atom is 0.251 e. The number of hydrogen-bond acceptors (Lipinski definition) is 2. The molecule has 110 valence electrons. The maximum absolute atomic E-state index is 12.2. The predicted octanol–water partition coefficient (Wildman–Crippen LogP) is 3.19. The average Bonchev–Trinajstić information content (AvgIpc) is 2.76. The van der Waals surface area contributed by atoms with Crippen molar-refractivity contribution in [3.63, 3.8) is 0 Å². The van der Waals surface area contributed by atoms with E-state index < -0.39 is 0 Å². The number of rotatable bonds is 5. The number of carbonyl (C=O) groups is 1. The average molecular weight is 339 g/mol. The van der Waals surface area contributed by atoms with Gasteiger partial charge in [0.15, 0.2) is 0 Å². The van der Waals surface area contributed by atoms with E-state index in [4.69, 9.17) is 0 Å². The largest absolute Gasteiger partial charge is 0.351 e. The molecule has 0 radical (unpaired) electrons. The molecule has 0 bridgehead atoms. The van der Waals surface area contributed by atoms with Gasteiger partial charge in [-0.1, -0.05) is 47.0 Å². The lowest BCUT2D eigenvalue weighted by Crippen LogP contribution is -2.35. The molecule has 0 aliphatic carbocycles. The minimum Gasteiger partial charge on any atom is -0.351 e. The zero-order chi connectivity index (χ0) is 14.2. The number of nitrogens with zero attached hydrogens (tertiary/aromatic N) is 1. The highest BCUT2D eigenvalue weighted by atomic mass is 79.9. The van der Waals surface area contributed by atoms with Gasteiger partial charge in [0.25, 0.3) is 5.91 Å². The zero-order valence-corrected chi connectivity index (χ0v) is 13.5. The molecule has 0 spiro atoms. The van der Waals surface area contributed by atoms with Crippen LogP contribution in [-0.2, 0) is 5.33 Å². The SMILES string of the molecule is O=C(NCCN1CCCCCC1)c1ccccc1CBr. The molecule has 1 aliphatic rings. The van der Waals surface area contributed by atoms with Crippen LogP contribution >= 0.6 is 15.9 Å². The molecular formula is C16H23BrN2O. The van der Waals surface area contributed by atoms with E-state index in [1.165, 1.54) is 38.8 Å². The molecule has 1 aliphatic heterocycles. The van der Waals surface area contributed by atoms with Crippen molar-refractivity contribution in [1.82, 2.24) is 10.2 Å². The fourth-order valence-corrected chi connectivity index (χ4v) is 3.13. The van der Waals surface area contributed by atoms with E-state index in [9.17, 15) is 4.79 Å². The number of amides is 1. The van der Waals surface area contributed by atoms with Crippen molar-refractivity contribution in [2.45, 2.75) is 31.0 Å². The summed E-state index contributed by atoms with van der Waals surface area (Å²) in [6, 6.07) is 7.75. The van der Waals surface area contributed by atoms with E-state index in [1.807, 2.05) is 24.3 Å². The molecular weight excluding hydrogens is 316 g/mol. The van der Waals surface area contributed by atoms with Crippen LogP contribution in [0.2, 0.25) is 0 Å². The first-order valence-electron chi connectivity index (χ1n) is 7.45. The van der Waals surface area contributed by atoms with Crippen molar-refractivity contribution in [3.8, 4) is 0 Å². The Morgan fingerprint density at radius 2 is 1.85 bits per heavy atom. The minimum absolute atomic E-state index is 0.0369. The van der Waals surface area contributed by atoms with Gasteiger partial charge in [0.1, 0.15) is 0 Å². The summed E-state index contributed by atoms with van der Waals surface area (Å²) < 4.78 is 0. The Hall–Kier alpha value is -0.870. The third-order valence-corrected chi connectivity index (χ3v) is 4.42. The first kappa shape index (κ1) is 15.5. The van der Waals surface area contributed by atoms with Crippen molar-refractivity contribution in [2.75, 3.05) is 26.2 Å². The minimum atomic E-state index is 0.0369. The second kappa shape index (κ2) is 8.42. The van der Waals surface area contributed by atoms with Crippen LogP contribution in [0.1, 0.15) is 41.6 Å². The number of nitrogens with one attached hydrogen (secondary N) is 1. The lowest BCUT2D eigenvalue weighted by molar-refractivity contribution is 0.0948. The summed E-state index contributed by atoms with van der Waals surface area (Å²) in [6.07, 6.45) is 5.28.